The highest BCUT2D eigenvalue weighted by atomic mass is 16.6. The number of carbonyl (C=O) groups is 2. The van der Waals surface area contributed by atoms with Crippen LogP contribution in [0.15, 0.2) is 42.5 Å². The minimum atomic E-state index is -1.80. The third-order valence-electron chi connectivity index (χ3n) is 4.14. The Kier molecular flexibility index (Phi) is 4.69. The fourth-order valence-electron chi connectivity index (χ4n) is 2.75. The zero-order valence-corrected chi connectivity index (χ0v) is 12.9. The van der Waals surface area contributed by atoms with E-state index in [0.29, 0.717) is 0 Å². The second-order valence-corrected chi connectivity index (χ2v) is 5.82. The zero-order valence-electron chi connectivity index (χ0n) is 12.9. The number of carbonyl (C=O) groups excluding carboxylic acids is 1. The van der Waals surface area contributed by atoms with Crippen molar-refractivity contribution in [1.82, 2.24) is 5.32 Å². The van der Waals surface area contributed by atoms with Crippen LogP contribution in [0.5, 0.6) is 0 Å². The molecule has 2 aromatic rings. The zero-order chi connectivity index (χ0) is 18.1. The van der Waals surface area contributed by atoms with Gasteiger partial charge in [0.2, 0.25) is 0 Å². The summed E-state index contributed by atoms with van der Waals surface area (Å²) in [5.74, 6) is -2.12. The van der Waals surface area contributed by atoms with Crippen molar-refractivity contribution < 1.29 is 34.8 Å². The van der Waals surface area contributed by atoms with Crippen LogP contribution in [0.1, 0.15) is 10.4 Å². The number of amides is 1. The first-order valence-corrected chi connectivity index (χ1v) is 7.60. The Balaban J connectivity index is 1.79. The minimum Gasteiger partial charge on any atom is -0.479 e. The molecular weight excluding hydrogens is 330 g/mol. The smallest absolute Gasteiger partial charge is 0.335 e. The maximum Gasteiger partial charge on any atom is 0.335 e. The largest absolute Gasteiger partial charge is 0.479 e. The normalized spacial score (nSPS) is 29.3. The van der Waals surface area contributed by atoms with Gasteiger partial charge in [0.15, 0.2) is 12.3 Å². The van der Waals surface area contributed by atoms with Crippen LogP contribution in [0, 0.1) is 0 Å². The lowest BCUT2D eigenvalue weighted by Gasteiger charge is -2.38. The summed E-state index contributed by atoms with van der Waals surface area (Å²) >= 11 is 0. The second kappa shape index (κ2) is 6.77. The molecule has 25 heavy (non-hydrogen) atoms. The van der Waals surface area contributed by atoms with Gasteiger partial charge in [0.05, 0.1) is 0 Å². The van der Waals surface area contributed by atoms with Gasteiger partial charge in [0, 0.05) is 5.56 Å². The summed E-state index contributed by atoms with van der Waals surface area (Å²) in [5.41, 5.74) is 0.280. The number of carboxylic acid groups (broad SMARTS) is 1. The average Bonchev–Trinajstić information content (AvgIpc) is 2.61. The van der Waals surface area contributed by atoms with Gasteiger partial charge in [-0.3, -0.25) is 4.79 Å². The minimum absolute atomic E-state index is 0.280. The molecule has 132 valence electrons. The van der Waals surface area contributed by atoms with Crippen molar-refractivity contribution in [2.45, 2.75) is 30.6 Å². The molecule has 0 unspecified atom stereocenters. The quantitative estimate of drug-likeness (QED) is 0.503. The molecule has 0 aromatic heterocycles. The molecule has 0 aliphatic carbocycles. The maximum atomic E-state index is 12.4. The van der Waals surface area contributed by atoms with Crippen molar-refractivity contribution in [2.75, 3.05) is 0 Å². The highest BCUT2D eigenvalue weighted by molar-refractivity contribution is 5.98. The van der Waals surface area contributed by atoms with Crippen LogP contribution < -0.4 is 5.32 Å². The number of carboxylic acids is 1. The molecular formula is C17H17NO7. The summed E-state index contributed by atoms with van der Waals surface area (Å²) in [5, 5.41) is 42.5. The molecule has 1 fully saturated rings. The first kappa shape index (κ1) is 17.3. The molecule has 2 aromatic carbocycles. The van der Waals surface area contributed by atoms with Gasteiger partial charge in [-0.1, -0.05) is 30.3 Å². The van der Waals surface area contributed by atoms with Gasteiger partial charge in [-0.2, -0.15) is 0 Å². The van der Waals surface area contributed by atoms with E-state index >= 15 is 0 Å². The van der Waals surface area contributed by atoms with Gasteiger partial charge in [-0.15, -0.1) is 0 Å². The van der Waals surface area contributed by atoms with E-state index in [1.807, 2.05) is 24.3 Å². The molecule has 1 aliphatic rings. The molecule has 8 nitrogen and oxygen atoms in total. The SMILES string of the molecule is O=C(N[C@@H]1O[C@H](C(=O)O)[C@@H](O)[C@H](O)[C@H]1O)c1ccc2ccccc2c1. The van der Waals surface area contributed by atoms with Gasteiger partial charge >= 0.3 is 5.97 Å². The number of hydrogen-bond donors (Lipinski definition) is 5. The summed E-state index contributed by atoms with van der Waals surface area (Å²) in [6, 6.07) is 12.4. The van der Waals surface area contributed by atoms with Crippen molar-refractivity contribution in [1.29, 1.82) is 0 Å². The first-order valence-electron chi connectivity index (χ1n) is 7.60. The van der Waals surface area contributed by atoms with Crippen molar-refractivity contribution in [3.63, 3.8) is 0 Å². The molecule has 0 bridgehead atoms. The molecule has 3 rings (SSSR count). The number of fused-ring (bicyclic) bond motifs is 1. The van der Waals surface area contributed by atoms with E-state index in [0.717, 1.165) is 10.8 Å². The highest BCUT2D eigenvalue weighted by Crippen LogP contribution is 2.21. The van der Waals surface area contributed by atoms with Crippen molar-refractivity contribution in [3.05, 3.63) is 48.0 Å². The van der Waals surface area contributed by atoms with E-state index < -0.39 is 42.5 Å². The highest BCUT2D eigenvalue weighted by Gasteiger charge is 2.47. The Hall–Kier alpha value is -2.52. The fourth-order valence-corrected chi connectivity index (χ4v) is 2.75. The number of aliphatic hydroxyl groups is 3. The molecule has 1 heterocycles. The number of benzene rings is 2. The van der Waals surface area contributed by atoms with Gasteiger partial charge in [-0.05, 0) is 22.9 Å². The average molecular weight is 347 g/mol. The first-order chi connectivity index (χ1) is 11.9. The molecule has 1 saturated heterocycles. The molecule has 1 aliphatic heterocycles. The van der Waals surface area contributed by atoms with E-state index in [1.54, 1.807) is 18.2 Å². The lowest BCUT2D eigenvalue weighted by atomic mass is 9.98. The molecule has 0 saturated carbocycles. The van der Waals surface area contributed by atoms with Crippen LogP contribution >= 0.6 is 0 Å². The van der Waals surface area contributed by atoms with Crippen LogP contribution in [-0.4, -0.2) is 62.9 Å². The van der Waals surface area contributed by atoms with E-state index in [9.17, 15) is 24.9 Å². The summed E-state index contributed by atoms with van der Waals surface area (Å²) in [4.78, 5) is 23.4. The number of hydrogen-bond acceptors (Lipinski definition) is 6. The Labute approximate surface area is 142 Å². The molecule has 1 amide bonds. The van der Waals surface area contributed by atoms with Crippen molar-refractivity contribution in [3.8, 4) is 0 Å². The monoisotopic (exact) mass is 347 g/mol. The van der Waals surface area contributed by atoms with Gasteiger partial charge in [0.25, 0.3) is 5.91 Å². The van der Waals surface area contributed by atoms with E-state index in [4.69, 9.17) is 9.84 Å². The molecule has 0 radical (unpaired) electrons. The third-order valence-corrected chi connectivity index (χ3v) is 4.14. The van der Waals surface area contributed by atoms with Gasteiger partial charge < -0.3 is 30.5 Å². The predicted octanol–water partition coefficient (Wildman–Crippen LogP) is -0.538. The summed E-state index contributed by atoms with van der Waals surface area (Å²) in [7, 11) is 0. The van der Waals surface area contributed by atoms with Crippen LogP contribution in [0.4, 0.5) is 0 Å². The lowest BCUT2D eigenvalue weighted by Crippen LogP contribution is -2.64. The van der Waals surface area contributed by atoms with E-state index in [2.05, 4.69) is 5.32 Å². The predicted molar refractivity (Wildman–Crippen MR) is 85.7 cm³/mol. The Morgan fingerprint density at radius 2 is 1.60 bits per heavy atom. The van der Waals surface area contributed by atoms with Crippen LogP contribution in [-0.2, 0) is 9.53 Å². The number of ether oxygens (including phenoxy) is 1. The standard InChI is InChI=1S/C17H17NO7/c19-11-12(20)14(17(23)24)25-16(13(11)21)18-15(22)10-6-5-8-3-1-2-4-9(8)7-10/h1-7,11-14,16,19-21H,(H,18,22)(H,23,24)/t11-,12-,13+,14-,16+/m0/s1. The Bertz CT molecular complexity index is 808. The lowest BCUT2D eigenvalue weighted by molar-refractivity contribution is -0.231. The van der Waals surface area contributed by atoms with Crippen LogP contribution in [0.2, 0.25) is 0 Å². The fraction of sp³-hybridized carbons (Fsp3) is 0.294. The van der Waals surface area contributed by atoms with E-state index in [-0.39, 0.29) is 5.56 Å². The Morgan fingerprint density at radius 3 is 2.28 bits per heavy atom. The summed E-state index contributed by atoms with van der Waals surface area (Å²) in [6.07, 6.45) is -8.48. The van der Waals surface area contributed by atoms with Crippen molar-refractivity contribution >= 4 is 22.6 Å². The maximum absolute atomic E-state index is 12.4. The number of rotatable bonds is 3. The summed E-state index contributed by atoms with van der Waals surface area (Å²) in [6.45, 7) is 0. The van der Waals surface area contributed by atoms with Gasteiger partial charge in [-0.25, -0.2) is 4.79 Å². The Morgan fingerprint density at radius 1 is 0.920 bits per heavy atom. The van der Waals surface area contributed by atoms with Crippen molar-refractivity contribution in [2.24, 2.45) is 0 Å². The van der Waals surface area contributed by atoms with Crippen LogP contribution in [0.3, 0.4) is 0 Å². The molecule has 0 spiro atoms. The second-order valence-electron chi connectivity index (χ2n) is 5.82. The third kappa shape index (κ3) is 3.33. The molecule has 8 heteroatoms. The number of aliphatic carboxylic acids is 1. The number of aliphatic hydroxyl groups excluding tert-OH is 3. The van der Waals surface area contributed by atoms with E-state index in [1.165, 1.54) is 0 Å². The van der Waals surface area contributed by atoms with Crippen LogP contribution in [0.25, 0.3) is 10.8 Å². The summed E-state index contributed by atoms with van der Waals surface area (Å²) < 4.78 is 5.03. The topological polar surface area (TPSA) is 136 Å². The van der Waals surface area contributed by atoms with Gasteiger partial charge in [0.1, 0.15) is 18.3 Å². The number of nitrogens with one attached hydrogen (secondary N) is 1. The molecule has 5 N–H and O–H groups in total. The molecule has 5 atom stereocenters.